The first-order valence-corrected chi connectivity index (χ1v) is 6.76. The van der Waals surface area contributed by atoms with Gasteiger partial charge in [-0.15, -0.1) is 0 Å². The Kier molecular flexibility index (Phi) is 4.23. The average molecular weight is 268 g/mol. The highest BCUT2D eigenvalue weighted by atomic mass is 35.5. The van der Waals surface area contributed by atoms with E-state index in [0.717, 1.165) is 25.2 Å². The first-order chi connectivity index (χ1) is 8.56. The van der Waals surface area contributed by atoms with E-state index in [1.54, 1.807) is 12.1 Å². The summed E-state index contributed by atoms with van der Waals surface area (Å²) in [6.45, 7) is 4.47. The number of nitrogens with zero attached hydrogens (tertiary/aromatic N) is 1. The number of carbonyl (C=O) groups is 1. The fraction of sp³-hybridized carbons (Fsp3) is 0.571. The molecule has 0 aromatic carbocycles. The highest BCUT2D eigenvalue weighted by molar-refractivity contribution is 6.29. The third-order valence-corrected chi connectivity index (χ3v) is 4.01. The van der Waals surface area contributed by atoms with Gasteiger partial charge in [-0.05, 0) is 43.2 Å². The van der Waals surface area contributed by atoms with Gasteiger partial charge in [0, 0.05) is 6.20 Å². The van der Waals surface area contributed by atoms with Crippen molar-refractivity contribution in [1.29, 1.82) is 0 Å². The summed E-state index contributed by atoms with van der Waals surface area (Å²) in [6, 6.07) is 3.25. The lowest BCUT2D eigenvalue weighted by atomic mass is 9.80. The molecule has 1 aliphatic carbocycles. The molecule has 1 saturated carbocycles. The third-order valence-electron chi connectivity index (χ3n) is 3.79. The van der Waals surface area contributed by atoms with E-state index in [-0.39, 0.29) is 12.1 Å². The number of carbonyl (C=O) groups excluding carboxylic acids is 1. The maximum atomic E-state index is 11.9. The quantitative estimate of drug-likeness (QED) is 0.606. The van der Waals surface area contributed by atoms with Crippen molar-refractivity contribution in [3.63, 3.8) is 0 Å². The highest BCUT2D eigenvalue weighted by Crippen LogP contribution is 2.31. The molecule has 1 aliphatic rings. The van der Waals surface area contributed by atoms with Gasteiger partial charge in [-0.3, -0.25) is 0 Å². The van der Waals surface area contributed by atoms with E-state index in [9.17, 15) is 4.79 Å². The van der Waals surface area contributed by atoms with Gasteiger partial charge in [0.25, 0.3) is 0 Å². The molecule has 0 amide bonds. The number of halogens is 1. The van der Waals surface area contributed by atoms with E-state index in [1.165, 1.54) is 6.20 Å². The Morgan fingerprint density at radius 2 is 2.11 bits per heavy atom. The van der Waals surface area contributed by atoms with Crippen LogP contribution >= 0.6 is 11.6 Å². The van der Waals surface area contributed by atoms with E-state index >= 15 is 0 Å². The van der Waals surface area contributed by atoms with Gasteiger partial charge >= 0.3 is 5.97 Å². The van der Waals surface area contributed by atoms with Crippen LogP contribution in [-0.2, 0) is 4.74 Å². The maximum absolute atomic E-state index is 11.9. The van der Waals surface area contributed by atoms with Gasteiger partial charge in [0.15, 0.2) is 0 Å². The largest absolute Gasteiger partial charge is 0.459 e. The van der Waals surface area contributed by atoms with Crippen LogP contribution in [0.2, 0.25) is 5.15 Å². The topological polar surface area (TPSA) is 39.2 Å². The van der Waals surface area contributed by atoms with Crippen molar-refractivity contribution in [2.24, 2.45) is 11.8 Å². The lowest BCUT2D eigenvalue weighted by molar-refractivity contribution is 0.00875. The summed E-state index contributed by atoms with van der Waals surface area (Å²) >= 11 is 5.68. The predicted molar refractivity (Wildman–Crippen MR) is 70.6 cm³/mol. The fourth-order valence-electron chi connectivity index (χ4n) is 2.32. The summed E-state index contributed by atoms with van der Waals surface area (Å²) in [5.41, 5.74) is 0.464. The van der Waals surface area contributed by atoms with Gasteiger partial charge in [0.05, 0.1) is 5.56 Å². The van der Waals surface area contributed by atoms with Crippen LogP contribution in [-0.4, -0.2) is 17.1 Å². The zero-order valence-electron chi connectivity index (χ0n) is 10.7. The van der Waals surface area contributed by atoms with Crippen molar-refractivity contribution in [1.82, 2.24) is 4.98 Å². The average Bonchev–Trinajstić information content (AvgIpc) is 2.34. The van der Waals surface area contributed by atoms with Crippen molar-refractivity contribution in [2.45, 2.75) is 39.2 Å². The maximum Gasteiger partial charge on any atom is 0.339 e. The molecule has 18 heavy (non-hydrogen) atoms. The molecule has 1 heterocycles. The molecule has 0 aliphatic heterocycles. The van der Waals surface area contributed by atoms with Gasteiger partial charge in [-0.2, -0.15) is 0 Å². The fourth-order valence-corrected chi connectivity index (χ4v) is 2.43. The van der Waals surface area contributed by atoms with E-state index in [1.807, 2.05) is 0 Å². The van der Waals surface area contributed by atoms with E-state index in [0.29, 0.717) is 16.6 Å². The number of hydrogen-bond acceptors (Lipinski definition) is 3. The first-order valence-electron chi connectivity index (χ1n) is 6.39. The van der Waals surface area contributed by atoms with Gasteiger partial charge in [0.2, 0.25) is 0 Å². The summed E-state index contributed by atoms with van der Waals surface area (Å²) in [4.78, 5) is 15.8. The molecule has 3 unspecified atom stereocenters. The van der Waals surface area contributed by atoms with Crippen LogP contribution in [0.15, 0.2) is 18.3 Å². The molecule has 0 spiro atoms. The molecule has 0 radical (unpaired) electrons. The Bertz CT molecular complexity index is 418. The molecular weight excluding hydrogens is 250 g/mol. The number of rotatable bonds is 2. The normalized spacial score (nSPS) is 27.8. The minimum absolute atomic E-state index is 0.0411. The van der Waals surface area contributed by atoms with Crippen molar-refractivity contribution in [2.75, 3.05) is 0 Å². The predicted octanol–water partition coefficient (Wildman–Crippen LogP) is 3.72. The number of ether oxygens (including phenoxy) is 1. The molecular formula is C14H18ClNO2. The summed E-state index contributed by atoms with van der Waals surface area (Å²) in [5.74, 6) is 1.03. The van der Waals surface area contributed by atoms with Gasteiger partial charge in [-0.25, -0.2) is 9.78 Å². The van der Waals surface area contributed by atoms with Crippen LogP contribution in [0.25, 0.3) is 0 Å². The highest BCUT2D eigenvalue weighted by Gasteiger charge is 2.27. The van der Waals surface area contributed by atoms with Crippen LogP contribution in [0.1, 0.15) is 43.5 Å². The smallest absolute Gasteiger partial charge is 0.339 e. The summed E-state index contributed by atoms with van der Waals surface area (Å²) in [5, 5.41) is 0.381. The summed E-state index contributed by atoms with van der Waals surface area (Å²) < 4.78 is 5.51. The van der Waals surface area contributed by atoms with Crippen molar-refractivity contribution >= 4 is 17.6 Å². The minimum atomic E-state index is -0.300. The van der Waals surface area contributed by atoms with Gasteiger partial charge in [0.1, 0.15) is 11.3 Å². The Hall–Kier alpha value is -1.09. The number of aromatic nitrogens is 1. The third kappa shape index (κ3) is 3.22. The molecule has 4 heteroatoms. The molecule has 3 nitrogen and oxygen atoms in total. The van der Waals surface area contributed by atoms with Crippen LogP contribution < -0.4 is 0 Å². The van der Waals surface area contributed by atoms with E-state index in [2.05, 4.69) is 18.8 Å². The number of hydrogen-bond donors (Lipinski definition) is 0. The number of pyridine rings is 1. The minimum Gasteiger partial charge on any atom is -0.459 e. The second-order valence-corrected chi connectivity index (χ2v) is 5.55. The van der Waals surface area contributed by atoms with E-state index in [4.69, 9.17) is 16.3 Å². The standard InChI is InChI=1S/C14H18ClNO2/c1-9-3-5-12(7-10(9)2)18-14(17)11-4-6-13(15)16-8-11/h4,6,8-10,12H,3,5,7H2,1-2H3. The van der Waals surface area contributed by atoms with Crippen LogP contribution in [0, 0.1) is 11.8 Å². The lowest BCUT2D eigenvalue weighted by Gasteiger charge is -2.31. The second-order valence-electron chi connectivity index (χ2n) is 5.16. The monoisotopic (exact) mass is 267 g/mol. The van der Waals surface area contributed by atoms with Gasteiger partial charge < -0.3 is 4.74 Å². The first kappa shape index (κ1) is 13.3. The molecule has 0 saturated heterocycles. The zero-order chi connectivity index (χ0) is 13.1. The molecule has 1 aromatic heterocycles. The van der Waals surface area contributed by atoms with Crippen molar-refractivity contribution in [3.8, 4) is 0 Å². The molecule has 0 N–H and O–H groups in total. The van der Waals surface area contributed by atoms with E-state index < -0.39 is 0 Å². The molecule has 1 aromatic rings. The van der Waals surface area contributed by atoms with Crippen LogP contribution in [0.5, 0.6) is 0 Å². The molecule has 0 bridgehead atoms. The zero-order valence-corrected chi connectivity index (χ0v) is 11.5. The molecule has 3 atom stereocenters. The summed E-state index contributed by atoms with van der Waals surface area (Å²) in [7, 11) is 0. The second kappa shape index (κ2) is 5.70. The van der Waals surface area contributed by atoms with Crippen LogP contribution in [0.3, 0.4) is 0 Å². The summed E-state index contributed by atoms with van der Waals surface area (Å²) in [6.07, 6.45) is 4.53. The Balaban J connectivity index is 1.93. The molecule has 98 valence electrons. The SMILES string of the molecule is CC1CCC(OC(=O)c2ccc(Cl)nc2)CC1C. The molecule has 1 fully saturated rings. The van der Waals surface area contributed by atoms with Crippen molar-refractivity contribution < 1.29 is 9.53 Å². The van der Waals surface area contributed by atoms with Crippen molar-refractivity contribution in [3.05, 3.63) is 29.0 Å². The van der Waals surface area contributed by atoms with Crippen LogP contribution in [0.4, 0.5) is 0 Å². The number of esters is 1. The Morgan fingerprint density at radius 1 is 1.33 bits per heavy atom. The lowest BCUT2D eigenvalue weighted by Crippen LogP contribution is -2.28. The Labute approximate surface area is 113 Å². The Morgan fingerprint density at radius 3 is 2.72 bits per heavy atom. The molecule has 2 rings (SSSR count). The van der Waals surface area contributed by atoms with Gasteiger partial charge in [-0.1, -0.05) is 25.4 Å².